The third-order valence-corrected chi connectivity index (χ3v) is 5.02. The third-order valence-electron chi connectivity index (χ3n) is 4.15. The number of fused-ring (bicyclic) bond motifs is 1. The molecule has 0 spiro atoms. The van der Waals surface area contributed by atoms with Gasteiger partial charge in [-0.2, -0.15) is 0 Å². The summed E-state index contributed by atoms with van der Waals surface area (Å²) in [5.74, 6) is 0.671. The summed E-state index contributed by atoms with van der Waals surface area (Å²) >= 11 is 1.42. The molecule has 3 aromatic rings. The summed E-state index contributed by atoms with van der Waals surface area (Å²) in [6.45, 7) is 8.34. The SMILES string of the molecule is Cc1ccc2nc(SCC(=O)Nc3c(C)cccc3C(C)C)[nH]c2c1. The molecule has 3 rings (SSSR count). The van der Waals surface area contributed by atoms with E-state index in [9.17, 15) is 4.79 Å². The number of nitrogens with zero attached hydrogens (tertiary/aromatic N) is 1. The lowest BCUT2D eigenvalue weighted by molar-refractivity contribution is -0.113. The molecule has 0 aliphatic heterocycles. The van der Waals surface area contributed by atoms with Crippen molar-refractivity contribution in [1.29, 1.82) is 0 Å². The fourth-order valence-electron chi connectivity index (χ4n) is 2.82. The van der Waals surface area contributed by atoms with Crippen LogP contribution in [-0.2, 0) is 4.79 Å². The summed E-state index contributed by atoms with van der Waals surface area (Å²) < 4.78 is 0. The number of carbonyl (C=O) groups is 1. The van der Waals surface area contributed by atoms with Crippen LogP contribution in [0.15, 0.2) is 41.6 Å². The first-order chi connectivity index (χ1) is 11.9. The van der Waals surface area contributed by atoms with Crippen molar-refractivity contribution in [3.05, 3.63) is 53.1 Å². The quantitative estimate of drug-likeness (QED) is 0.632. The number of anilines is 1. The second kappa shape index (κ2) is 7.31. The van der Waals surface area contributed by atoms with Crippen molar-refractivity contribution >= 4 is 34.4 Å². The third kappa shape index (κ3) is 4.04. The summed E-state index contributed by atoms with van der Waals surface area (Å²) in [5.41, 5.74) is 6.30. The van der Waals surface area contributed by atoms with Gasteiger partial charge in [-0.05, 0) is 48.6 Å². The molecule has 0 atom stereocenters. The zero-order chi connectivity index (χ0) is 18.0. The Hall–Kier alpha value is -2.27. The second-order valence-corrected chi connectivity index (χ2v) is 7.56. The van der Waals surface area contributed by atoms with E-state index in [0.717, 1.165) is 33.0 Å². The maximum absolute atomic E-state index is 12.4. The first-order valence-corrected chi connectivity index (χ1v) is 9.41. The number of aromatic nitrogens is 2. The van der Waals surface area contributed by atoms with Crippen molar-refractivity contribution in [1.82, 2.24) is 9.97 Å². The van der Waals surface area contributed by atoms with Gasteiger partial charge in [0.25, 0.3) is 0 Å². The standard InChI is InChI=1S/C20H23N3OS/c1-12(2)15-7-5-6-14(4)19(15)23-18(24)11-25-20-21-16-9-8-13(3)10-17(16)22-20/h5-10,12H,11H2,1-4H3,(H,21,22)(H,23,24). The highest BCUT2D eigenvalue weighted by Gasteiger charge is 2.13. The number of para-hydroxylation sites is 1. The van der Waals surface area contributed by atoms with Crippen LogP contribution < -0.4 is 5.32 Å². The molecule has 0 saturated heterocycles. The average molecular weight is 353 g/mol. The van der Waals surface area contributed by atoms with Crippen LogP contribution in [0.25, 0.3) is 11.0 Å². The number of hydrogen-bond donors (Lipinski definition) is 2. The van der Waals surface area contributed by atoms with Gasteiger partial charge in [-0.15, -0.1) is 0 Å². The molecule has 1 amide bonds. The lowest BCUT2D eigenvalue weighted by Crippen LogP contribution is -2.16. The highest BCUT2D eigenvalue weighted by atomic mass is 32.2. The number of aromatic amines is 1. The number of H-pyrrole nitrogens is 1. The summed E-state index contributed by atoms with van der Waals surface area (Å²) in [7, 11) is 0. The van der Waals surface area contributed by atoms with Crippen LogP contribution in [0.4, 0.5) is 5.69 Å². The van der Waals surface area contributed by atoms with E-state index in [0.29, 0.717) is 11.7 Å². The number of nitrogens with one attached hydrogen (secondary N) is 2. The maximum Gasteiger partial charge on any atom is 0.234 e. The molecule has 130 valence electrons. The van der Waals surface area contributed by atoms with Gasteiger partial charge in [0, 0.05) is 5.69 Å². The lowest BCUT2D eigenvalue weighted by atomic mass is 9.98. The molecular formula is C20H23N3OS. The normalized spacial score (nSPS) is 11.2. The highest BCUT2D eigenvalue weighted by molar-refractivity contribution is 7.99. The first kappa shape index (κ1) is 17.5. The van der Waals surface area contributed by atoms with Gasteiger partial charge >= 0.3 is 0 Å². The zero-order valence-corrected chi connectivity index (χ0v) is 15.8. The summed E-state index contributed by atoms with van der Waals surface area (Å²) in [4.78, 5) is 20.2. The number of hydrogen-bond acceptors (Lipinski definition) is 3. The van der Waals surface area contributed by atoms with Crippen LogP contribution in [0.1, 0.15) is 36.5 Å². The van der Waals surface area contributed by atoms with Gasteiger partial charge in [-0.25, -0.2) is 4.98 Å². The van der Waals surface area contributed by atoms with Gasteiger partial charge in [0.2, 0.25) is 5.91 Å². The number of benzene rings is 2. The Labute approximate surface area is 152 Å². The summed E-state index contributed by atoms with van der Waals surface area (Å²) in [5, 5.41) is 3.84. The lowest BCUT2D eigenvalue weighted by Gasteiger charge is -2.16. The van der Waals surface area contributed by atoms with Gasteiger partial charge in [0.1, 0.15) is 0 Å². The smallest absolute Gasteiger partial charge is 0.234 e. The molecular weight excluding hydrogens is 330 g/mol. The predicted molar refractivity (Wildman–Crippen MR) is 105 cm³/mol. The molecule has 2 aromatic carbocycles. The second-order valence-electron chi connectivity index (χ2n) is 6.59. The molecule has 0 fully saturated rings. The minimum atomic E-state index is -0.0159. The topological polar surface area (TPSA) is 57.8 Å². The molecule has 1 heterocycles. The summed E-state index contributed by atoms with van der Waals surface area (Å²) in [6, 6.07) is 12.2. The van der Waals surface area contributed by atoms with Crippen molar-refractivity contribution < 1.29 is 4.79 Å². The fourth-order valence-corrected chi connectivity index (χ4v) is 3.51. The molecule has 1 aromatic heterocycles. The number of thioether (sulfide) groups is 1. The number of carbonyl (C=O) groups excluding carboxylic acids is 1. The number of aryl methyl sites for hydroxylation is 2. The molecule has 0 unspecified atom stereocenters. The largest absolute Gasteiger partial charge is 0.333 e. The Morgan fingerprint density at radius 2 is 2.04 bits per heavy atom. The van der Waals surface area contributed by atoms with E-state index in [2.05, 4.69) is 48.2 Å². The van der Waals surface area contributed by atoms with Crippen LogP contribution in [0.5, 0.6) is 0 Å². The van der Waals surface area contributed by atoms with Crippen LogP contribution in [0, 0.1) is 13.8 Å². The average Bonchev–Trinajstić information content (AvgIpc) is 2.96. The van der Waals surface area contributed by atoms with Crippen molar-refractivity contribution in [2.75, 3.05) is 11.1 Å². The Bertz CT molecular complexity index is 914. The van der Waals surface area contributed by atoms with E-state index in [1.54, 1.807) is 0 Å². The first-order valence-electron chi connectivity index (χ1n) is 8.42. The predicted octanol–water partition coefficient (Wildman–Crippen LogP) is 5.03. The molecule has 0 aliphatic carbocycles. The molecule has 0 aliphatic rings. The van der Waals surface area contributed by atoms with Crippen LogP contribution in [-0.4, -0.2) is 21.6 Å². The Morgan fingerprint density at radius 1 is 1.24 bits per heavy atom. The van der Waals surface area contributed by atoms with Crippen LogP contribution in [0.3, 0.4) is 0 Å². The van der Waals surface area contributed by atoms with E-state index in [1.165, 1.54) is 17.3 Å². The minimum Gasteiger partial charge on any atom is -0.333 e. The number of imidazole rings is 1. The molecule has 25 heavy (non-hydrogen) atoms. The number of rotatable bonds is 5. The van der Waals surface area contributed by atoms with Crippen LogP contribution in [0.2, 0.25) is 0 Å². The van der Waals surface area contributed by atoms with Gasteiger partial charge in [-0.3, -0.25) is 4.79 Å². The van der Waals surface area contributed by atoms with Crippen molar-refractivity contribution in [2.24, 2.45) is 0 Å². The van der Waals surface area contributed by atoms with Gasteiger partial charge in [-0.1, -0.05) is 49.9 Å². The summed E-state index contributed by atoms with van der Waals surface area (Å²) in [6.07, 6.45) is 0. The molecule has 0 radical (unpaired) electrons. The maximum atomic E-state index is 12.4. The van der Waals surface area contributed by atoms with E-state index in [1.807, 2.05) is 31.2 Å². The van der Waals surface area contributed by atoms with Gasteiger partial charge in [0.05, 0.1) is 16.8 Å². The molecule has 0 saturated carbocycles. The molecule has 2 N–H and O–H groups in total. The van der Waals surface area contributed by atoms with Crippen molar-refractivity contribution in [3.8, 4) is 0 Å². The highest BCUT2D eigenvalue weighted by Crippen LogP contribution is 2.28. The Morgan fingerprint density at radius 3 is 2.80 bits per heavy atom. The van der Waals surface area contributed by atoms with E-state index >= 15 is 0 Å². The van der Waals surface area contributed by atoms with Crippen LogP contribution >= 0.6 is 11.8 Å². The van der Waals surface area contributed by atoms with Crippen molar-refractivity contribution in [3.63, 3.8) is 0 Å². The monoisotopic (exact) mass is 353 g/mol. The van der Waals surface area contributed by atoms with Gasteiger partial charge in [0.15, 0.2) is 5.16 Å². The molecule has 0 bridgehead atoms. The Kier molecular flexibility index (Phi) is 5.13. The molecule has 5 heteroatoms. The molecule has 4 nitrogen and oxygen atoms in total. The fraction of sp³-hybridized carbons (Fsp3) is 0.300. The minimum absolute atomic E-state index is 0.0159. The van der Waals surface area contributed by atoms with E-state index in [4.69, 9.17) is 0 Å². The van der Waals surface area contributed by atoms with Gasteiger partial charge < -0.3 is 10.3 Å². The Balaban J connectivity index is 1.69. The van der Waals surface area contributed by atoms with Crippen molar-refractivity contribution in [2.45, 2.75) is 38.8 Å². The van der Waals surface area contributed by atoms with E-state index in [-0.39, 0.29) is 5.91 Å². The number of amides is 1. The zero-order valence-electron chi connectivity index (χ0n) is 15.0. The van der Waals surface area contributed by atoms with E-state index < -0.39 is 0 Å².